The molecule has 2 heterocycles. The Balaban J connectivity index is 2.52. The Kier molecular flexibility index (Phi) is 3.18. The number of aromatic nitrogens is 3. The number of nitrogen functional groups attached to an aromatic ring is 1. The van der Waals surface area contributed by atoms with Gasteiger partial charge in [0.2, 0.25) is 0 Å². The molecule has 0 aliphatic heterocycles. The van der Waals surface area contributed by atoms with Crippen LogP contribution in [0.25, 0.3) is 11.4 Å². The summed E-state index contributed by atoms with van der Waals surface area (Å²) in [5.74, 6) is -0.0763. The zero-order chi connectivity index (χ0) is 13.1. The highest BCUT2D eigenvalue weighted by Crippen LogP contribution is 2.21. The van der Waals surface area contributed by atoms with Crippen molar-refractivity contribution in [3.05, 3.63) is 35.8 Å². The largest absolute Gasteiger partial charge is 0.383 e. The molecular weight excluding hydrogens is 230 g/mol. The number of anilines is 1. The van der Waals surface area contributed by atoms with Gasteiger partial charge in [0.15, 0.2) is 5.82 Å². The normalized spacial score (nSPS) is 10.3. The number of aryl methyl sites for hydroxylation is 1. The third-order valence-electron chi connectivity index (χ3n) is 2.61. The number of hydrogen-bond acceptors (Lipinski definition) is 5. The van der Waals surface area contributed by atoms with Gasteiger partial charge in [-0.3, -0.25) is 9.78 Å². The molecule has 0 atom stereocenters. The first-order valence-corrected chi connectivity index (χ1v) is 5.49. The maximum atomic E-state index is 11.0. The number of rotatable bonds is 3. The van der Waals surface area contributed by atoms with Crippen LogP contribution in [0.15, 0.2) is 24.7 Å². The van der Waals surface area contributed by atoms with Gasteiger partial charge in [0.05, 0.1) is 5.56 Å². The molecule has 0 bridgehead atoms. The van der Waals surface area contributed by atoms with Gasteiger partial charge in [0.1, 0.15) is 5.82 Å². The predicted octanol–water partition coefficient (Wildman–Crippen LogP) is 0.782. The highest BCUT2D eigenvalue weighted by Gasteiger charge is 2.12. The van der Waals surface area contributed by atoms with Gasteiger partial charge >= 0.3 is 0 Å². The SMILES string of the molecule is CCc1cnccc1-c1ncc(C(N)=O)c(N)n1. The van der Waals surface area contributed by atoms with Crippen molar-refractivity contribution in [2.45, 2.75) is 13.3 Å². The standard InChI is InChI=1S/C12H13N5O/c1-2-7-5-15-4-3-8(7)12-16-6-9(11(14)18)10(13)17-12/h3-6H,2H2,1H3,(H2,14,18)(H2,13,16,17). The van der Waals surface area contributed by atoms with E-state index in [9.17, 15) is 4.79 Å². The summed E-state index contributed by atoms with van der Waals surface area (Å²) in [4.78, 5) is 23.3. The summed E-state index contributed by atoms with van der Waals surface area (Å²) in [6.07, 6.45) is 5.58. The number of nitrogens with zero attached hydrogens (tertiary/aromatic N) is 3. The molecule has 92 valence electrons. The molecule has 0 fully saturated rings. The summed E-state index contributed by atoms with van der Waals surface area (Å²) in [6, 6.07) is 1.82. The minimum atomic E-state index is -0.635. The summed E-state index contributed by atoms with van der Waals surface area (Å²) in [7, 11) is 0. The second kappa shape index (κ2) is 4.79. The van der Waals surface area contributed by atoms with E-state index in [2.05, 4.69) is 15.0 Å². The van der Waals surface area contributed by atoms with Crippen LogP contribution in [0.5, 0.6) is 0 Å². The maximum Gasteiger partial charge on any atom is 0.254 e. The van der Waals surface area contributed by atoms with Crippen LogP contribution in [-0.2, 0) is 6.42 Å². The lowest BCUT2D eigenvalue weighted by Crippen LogP contribution is -2.15. The van der Waals surface area contributed by atoms with Crippen LogP contribution in [0.1, 0.15) is 22.8 Å². The molecular formula is C12H13N5O. The fourth-order valence-electron chi connectivity index (χ4n) is 1.64. The smallest absolute Gasteiger partial charge is 0.254 e. The molecule has 2 aromatic heterocycles. The van der Waals surface area contributed by atoms with Gasteiger partial charge in [-0.15, -0.1) is 0 Å². The lowest BCUT2D eigenvalue weighted by Gasteiger charge is -2.07. The van der Waals surface area contributed by atoms with Crippen molar-refractivity contribution in [2.24, 2.45) is 5.73 Å². The number of hydrogen-bond donors (Lipinski definition) is 2. The van der Waals surface area contributed by atoms with Gasteiger partial charge in [0.25, 0.3) is 5.91 Å². The van der Waals surface area contributed by atoms with E-state index in [1.54, 1.807) is 12.4 Å². The fraction of sp³-hybridized carbons (Fsp3) is 0.167. The number of nitrogens with two attached hydrogens (primary N) is 2. The molecule has 18 heavy (non-hydrogen) atoms. The molecule has 2 aromatic rings. The maximum absolute atomic E-state index is 11.0. The Hall–Kier alpha value is -2.50. The van der Waals surface area contributed by atoms with E-state index in [0.717, 1.165) is 17.5 Å². The van der Waals surface area contributed by atoms with E-state index >= 15 is 0 Å². The molecule has 0 saturated carbocycles. The van der Waals surface area contributed by atoms with Gasteiger partial charge in [-0.05, 0) is 18.1 Å². The van der Waals surface area contributed by atoms with Crippen LogP contribution in [-0.4, -0.2) is 20.9 Å². The zero-order valence-corrected chi connectivity index (χ0v) is 9.92. The van der Waals surface area contributed by atoms with Crippen molar-refractivity contribution in [2.75, 3.05) is 5.73 Å². The molecule has 1 amide bonds. The van der Waals surface area contributed by atoms with E-state index < -0.39 is 5.91 Å². The summed E-state index contributed by atoms with van der Waals surface area (Å²) < 4.78 is 0. The van der Waals surface area contributed by atoms with E-state index in [-0.39, 0.29) is 11.4 Å². The number of carbonyl (C=O) groups is 1. The Bertz CT molecular complexity index is 597. The molecule has 0 spiro atoms. The van der Waals surface area contributed by atoms with Crippen LogP contribution < -0.4 is 11.5 Å². The van der Waals surface area contributed by atoms with Crippen molar-refractivity contribution in [1.82, 2.24) is 15.0 Å². The van der Waals surface area contributed by atoms with Gasteiger partial charge in [-0.2, -0.15) is 0 Å². The first kappa shape index (κ1) is 12.0. The number of primary amides is 1. The second-order valence-electron chi connectivity index (χ2n) is 3.74. The molecule has 0 unspecified atom stereocenters. The second-order valence-corrected chi connectivity index (χ2v) is 3.74. The molecule has 0 aliphatic rings. The third kappa shape index (κ3) is 2.13. The van der Waals surface area contributed by atoms with Crippen LogP contribution in [0, 0.1) is 0 Å². The molecule has 0 aliphatic carbocycles. The first-order chi connectivity index (χ1) is 8.63. The highest BCUT2D eigenvalue weighted by atomic mass is 16.1. The number of pyridine rings is 1. The van der Waals surface area contributed by atoms with Crippen LogP contribution in [0.2, 0.25) is 0 Å². The zero-order valence-electron chi connectivity index (χ0n) is 9.92. The molecule has 0 radical (unpaired) electrons. The molecule has 2 rings (SSSR count). The average Bonchev–Trinajstić information content (AvgIpc) is 2.38. The van der Waals surface area contributed by atoms with Crippen molar-refractivity contribution in [3.8, 4) is 11.4 Å². The van der Waals surface area contributed by atoms with Crippen molar-refractivity contribution in [3.63, 3.8) is 0 Å². The molecule has 6 nitrogen and oxygen atoms in total. The predicted molar refractivity (Wildman–Crippen MR) is 67.6 cm³/mol. The Labute approximate surface area is 104 Å². The van der Waals surface area contributed by atoms with Crippen LogP contribution >= 0.6 is 0 Å². The summed E-state index contributed by atoms with van der Waals surface area (Å²) in [5, 5.41) is 0. The Morgan fingerprint density at radius 1 is 1.39 bits per heavy atom. The quantitative estimate of drug-likeness (QED) is 0.828. The van der Waals surface area contributed by atoms with Crippen molar-refractivity contribution < 1.29 is 4.79 Å². The van der Waals surface area contributed by atoms with E-state index in [1.165, 1.54) is 6.20 Å². The average molecular weight is 243 g/mol. The van der Waals surface area contributed by atoms with Crippen LogP contribution in [0.4, 0.5) is 5.82 Å². The van der Waals surface area contributed by atoms with Gasteiger partial charge in [0, 0.05) is 24.2 Å². The summed E-state index contributed by atoms with van der Waals surface area (Å²) in [6.45, 7) is 2.02. The van der Waals surface area contributed by atoms with Crippen molar-refractivity contribution >= 4 is 11.7 Å². The van der Waals surface area contributed by atoms with E-state index in [1.807, 2.05) is 13.0 Å². The third-order valence-corrected chi connectivity index (χ3v) is 2.61. The highest BCUT2D eigenvalue weighted by molar-refractivity contribution is 5.96. The molecule has 0 saturated heterocycles. The van der Waals surface area contributed by atoms with Gasteiger partial charge in [-0.1, -0.05) is 6.92 Å². The lowest BCUT2D eigenvalue weighted by molar-refractivity contribution is 0.100. The van der Waals surface area contributed by atoms with E-state index in [0.29, 0.717) is 5.82 Å². The molecule has 4 N–H and O–H groups in total. The topological polar surface area (TPSA) is 108 Å². The lowest BCUT2D eigenvalue weighted by atomic mass is 10.1. The van der Waals surface area contributed by atoms with Crippen molar-refractivity contribution in [1.29, 1.82) is 0 Å². The van der Waals surface area contributed by atoms with Crippen LogP contribution in [0.3, 0.4) is 0 Å². The molecule has 0 aromatic carbocycles. The summed E-state index contributed by atoms with van der Waals surface area (Å²) >= 11 is 0. The first-order valence-electron chi connectivity index (χ1n) is 5.49. The fourth-order valence-corrected chi connectivity index (χ4v) is 1.64. The Morgan fingerprint density at radius 2 is 2.17 bits per heavy atom. The van der Waals surface area contributed by atoms with Gasteiger partial charge < -0.3 is 11.5 Å². The number of carbonyl (C=O) groups excluding carboxylic acids is 1. The molecule has 6 heteroatoms. The monoisotopic (exact) mass is 243 g/mol. The van der Waals surface area contributed by atoms with E-state index in [4.69, 9.17) is 11.5 Å². The minimum Gasteiger partial charge on any atom is -0.383 e. The Morgan fingerprint density at radius 3 is 2.78 bits per heavy atom. The minimum absolute atomic E-state index is 0.0892. The summed E-state index contributed by atoms with van der Waals surface area (Å²) in [5.41, 5.74) is 12.8. The number of amides is 1. The van der Waals surface area contributed by atoms with Gasteiger partial charge in [-0.25, -0.2) is 9.97 Å².